The van der Waals surface area contributed by atoms with Gasteiger partial charge in [0.15, 0.2) is 0 Å². The quantitative estimate of drug-likeness (QED) is 0.790. The first-order valence-corrected chi connectivity index (χ1v) is 6.35. The largest absolute Gasteiger partial charge is 0.348 e. The van der Waals surface area contributed by atoms with E-state index in [-0.39, 0.29) is 5.91 Å². The van der Waals surface area contributed by atoms with E-state index >= 15 is 0 Å². The van der Waals surface area contributed by atoms with Crippen molar-refractivity contribution in [2.75, 3.05) is 0 Å². The van der Waals surface area contributed by atoms with Crippen LogP contribution < -0.4 is 5.32 Å². The third kappa shape index (κ3) is 2.64. The lowest BCUT2D eigenvalue weighted by Gasteiger charge is -2.05. The number of aromatic nitrogens is 2. The molecule has 4 heteroatoms. The van der Waals surface area contributed by atoms with Crippen LogP contribution in [0.5, 0.6) is 0 Å². The summed E-state index contributed by atoms with van der Waals surface area (Å²) in [6, 6.07) is 13.3. The van der Waals surface area contributed by atoms with Crippen LogP contribution in [-0.2, 0) is 6.54 Å². The lowest BCUT2D eigenvalue weighted by atomic mass is 10.1. The molecule has 0 fully saturated rings. The highest BCUT2D eigenvalue weighted by Gasteiger charge is 2.06. The third-order valence-electron chi connectivity index (χ3n) is 3.03. The first-order valence-electron chi connectivity index (χ1n) is 6.35. The summed E-state index contributed by atoms with van der Waals surface area (Å²) in [5.41, 5.74) is 2.42. The number of carbonyl (C=O) groups excluding carboxylic acids is 1. The molecular weight excluding hydrogens is 250 g/mol. The Bertz CT molecular complexity index is 741. The Morgan fingerprint density at radius 3 is 2.85 bits per heavy atom. The first kappa shape index (κ1) is 12.3. The Balaban J connectivity index is 1.75. The summed E-state index contributed by atoms with van der Waals surface area (Å²) in [6.07, 6.45) is 5.04. The Hall–Kier alpha value is -2.75. The van der Waals surface area contributed by atoms with Crippen molar-refractivity contribution >= 4 is 16.8 Å². The Labute approximate surface area is 116 Å². The van der Waals surface area contributed by atoms with Gasteiger partial charge >= 0.3 is 0 Å². The molecule has 98 valence electrons. The fourth-order valence-corrected chi connectivity index (χ4v) is 1.98. The maximum absolute atomic E-state index is 12.1. The zero-order valence-electron chi connectivity index (χ0n) is 10.8. The number of hydrogen-bond acceptors (Lipinski definition) is 3. The monoisotopic (exact) mass is 263 g/mol. The highest BCUT2D eigenvalue weighted by Crippen LogP contribution is 2.12. The standard InChI is InChI=1S/C16H13N3O/c20-16(19-10-12-4-3-7-17-9-12)14-8-13-5-1-2-6-15(13)18-11-14/h1-9,11H,10H2,(H,19,20). The predicted octanol–water partition coefficient (Wildman–Crippen LogP) is 2.56. The van der Waals surface area contributed by atoms with Gasteiger partial charge in [-0.2, -0.15) is 0 Å². The molecule has 0 aliphatic carbocycles. The molecule has 4 nitrogen and oxygen atoms in total. The molecule has 0 spiro atoms. The van der Waals surface area contributed by atoms with Crippen LogP contribution in [0.15, 0.2) is 61.1 Å². The number of nitrogens with zero attached hydrogens (tertiary/aromatic N) is 2. The van der Waals surface area contributed by atoms with Crippen molar-refractivity contribution < 1.29 is 4.79 Å². The number of carbonyl (C=O) groups is 1. The van der Waals surface area contributed by atoms with E-state index in [1.807, 2.05) is 42.5 Å². The van der Waals surface area contributed by atoms with Gasteiger partial charge in [-0.3, -0.25) is 14.8 Å². The molecule has 0 saturated heterocycles. The fraction of sp³-hybridized carbons (Fsp3) is 0.0625. The van der Waals surface area contributed by atoms with Gasteiger partial charge < -0.3 is 5.32 Å². The van der Waals surface area contributed by atoms with Gasteiger partial charge in [0.25, 0.3) is 5.91 Å². The number of benzene rings is 1. The molecule has 2 heterocycles. The van der Waals surface area contributed by atoms with E-state index < -0.39 is 0 Å². The van der Waals surface area contributed by atoms with Gasteiger partial charge in [0.05, 0.1) is 11.1 Å². The highest BCUT2D eigenvalue weighted by molar-refractivity contribution is 5.97. The summed E-state index contributed by atoms with van der Waals surface area (Å²) >= 11 is 0. The fourth-order valence-electron chi connectivity index (χ4n) is 1.98. The minimum atomic E-state index is -0.132. The molecule has 0 atom stereocenters. The smallest absolute Gasteiger partial charge is 0.253 e. The summed E-state index contributed by atoms with van der Waals surface area (Å²) in [5, 5.41) is 3.82. The molecule has 0 aliphatic heterocycles. The van der Waals surface area contributed by atoms with Gasteiger partial charge in [-0.25, -0.2) is 0 Å². The van der Waals surface area contributed by atoms with Crippen LogP contribution in [0.3, 0.4) is 0 Å². The normalized spacial score (nSPS) is 10.4. The topological polar surface area (TPSA) is 54.9 Å². The van der Waals surface area contributed by atoms with Crippen LogP contribution in [-0.4, -0.2) is 15.9 Å². The molecule has 1 N–H and O–H groups in total. The van der Waals surface area contributed by atoms with Crippen LogP contribution in [0.1, 0.15) is 15.9 Å². The van der Waals surface area contributed by atoms with Crippen LogP contribution in [0, 0.1) is 0 Å². The van der Waals surface area contributed by atoms with Gasteiger partial charge in [-0.1, -0.05) is 24.3 Å². The highest BCUT2D eigenvalue weighted by atomic mass is 16.1. The number of nitrogens with one attached hydrogen (secondary N) is 1. The number of fused-ring (bicyclic) bond motifs is 1. The van der Waals surface area contributed by atoms with E-state index in [1.54, 1.807) is 18.6 Å². The molecular formula is C16H13N3O. The minimum Gasteiger partial charge on any atom is -0.348 e. The Morgan fingerprint density at radius 1 is 1.10 bits per heavy atom. The van der Waals surface area contributed by atoms with E-state index in [0.29, 0.717) is 12.1 Å². The summed E-state index contributed by atoms with van der Waals surface area (Å²) in [5.74, 6) is -0.132. The molecule has 3 rings (SSSR count). The van der Waals surface area contributed by atoms with Crippen LogP contribution in [0.2, 0.25) is 0 Å². The van der Waals surface area contributed by atoms with Crippen molar-refractivity contribution in [1.29, 1.82) is 0 Å². The maximum Gasteiger partial charge on any atom is 0.253 e. The average Bonchev–Trinajstić information content (AvgIpc) is 2.53. The van der Waals surface area contributed by atoms with E-state index in [9.17, 15) is 4.79 Å². The summed E-state index contributed by atoms with van der Waals surface area (Å²) in [4.78, 5) is 20.4. The maximum atomic E-state index is 12.1. The van der Waals surface area contributed by atoms with E-state index in [0.717, 1.165) is 16.5 Å². The summed E-state index contributed by atoms with van der Waals surface area (Å²) in [7, 11) is 0. The molecule has 0 unspecified atom stereocenters. The van der Waals surface area contributed by atoms with Gasteiger partial charge in [-0.05, 0) is 23.8 Å². The number of para-hydroxylation sites is 1. The lowest BCUT2D eigenvalue weighted by molar-refractivity contribution is 0.0950. The van der Waals surface area contributed by atoms with Gasteiger partial charge in [-0.15, -0.1) is 0 Å². The van der Waals surface area contributed by atoms with Crippen molar-refractivity contribution in [3.63, 3.8) is 0 Å². The number of hydrogen-bond donors (Lipinski definition) is 1. The molecule has 1 amide bonds. The summed E-state index contributed by atoms with van der Waals surface area (Å²) in [6.45, 7) is 0.458. The van der Waals surface area contributed by atoms with Crippen LogP contribution >= 0.6 is 0 Å². The SMILES string of the molecule is O=C(NCc1cccnc1)c1cnc2ccccc2c1. The van der Waals surface area contributed by atoms with E-state index in [2.05, 4.69) is 15.3 Å². The van der Waals surface area contributed by atoms with Gasteiger partial charge in [0.2, 0.25) is 0 Å². The number of amides is 1. The van der Waals surface area contributed by atoms with Crippen molar-refractivity contribution in [2.45, 2.75) is 6.54 Å². The first-order chi connectivity index (χ1) is 9.83. The zero-order chi connectivity index (χ0) is 13.8. The van der Waals surface area contributed by atoms with Crippen molar-refractivity contribution in [3.05, 3.63) is 72.2 Å². The minimum absolute atomic E-state index is 0.132. The predicted molar refractivity (Wildman–Crippen MR) is 77.2 cm³/mol. The van der Waals surface area contributed by atoms with E-state index in [1.165, 1.54) is 0 Å². The molecule has 0 radical (unpaired) electrons. The van der Waals surface area contributed by atoms with Crippen LogP contribution in [0.25, 0.3) is 10.9 Å². The van der Waals surface area contributed by atoms with Crippen molar-refractivity contribution in [1.82, 2.24) is 15.3 Å². The second-order valence-electron chi connectivity index (χ2n) is 4.46. The molecule has 20 heavy (non-hydrogen) atoms. The second kappa shape index (κ2) is 5.48. The molecule has 0 saturated carbocycles. The van der Waals surface area contributed by atoms with Crippen molar-refractivity contribution in [2.24, 2.45) is 0 Å². The Kier molecular flexibility index (Phi) is 3.37. The molecule has 0 bridgehead atoms. The lowest BCUT2D eigenvalue weighted by Crippen LogP contribution is -2.22. The average molecular weight is 263 g/mol. The third-order valence-corrected chi connectivity index (χ3v) is 3.03. The van der Waals surface area contributed by atoms with E-state index in [4.69, 9.17) is 0 Å². The zero-order valence-corrected chi connectivity index (χ0v) is 10.8. The Morgan fingerprint density at radius 2 is 2.00 bits per heavy atom. The number of pyridine rings is 2. The van der Waals surface area contributed by atoms with Gasteiger partial charge in [0, 0.05) is 30.5 Å². The molecule has 1 aromatic carbocycles. The molecule has 3 aromatic rings. The van der Waals surface area contributed by atoms with Crippen molar-refractivity contribution in [3.8, 4) is 0 Å². The molecule has 2 aromatic heterocycles. The van der Waals surface area contributed by atoms with Gasteiger partial charge in [0.1, 0.15) is 0 Å². The molecule has 0 aliphatic rings. The summed E-state index contributed by atoms with van der Waals surface area (Å²) < 4.78 is 0. The number of rotatable bonds is 3. The second-order valence-corrected chi connectivity index (χ2v) is 4.46. The van der Waals surface area contributed by atoms with Crippen LogP contribution in [0.4, 0.5) is 0 Å².